The van der Waals surface area contributed by atoms with Crippen molar-refractivity contribution in [1.29, 1.82) is 0 Å². The molecular weight excluding hydrogens is 389 g/mol. The number of hydrogen-bond acceptors (Lipinski definition) is 4. The molecule has 0 saturated carbocycles. The van der Waals surface area contributed by atoms with Gasteiger partial charge in [-0.25, -0.2) is 4.39 Å². The van der Waals surface area contributed by atoms with Crippen LogP contribution in [-0.4, -0.2) is 34.8 Å². The zero-order valence-electron chi connectivity index (χ0n) is 15.7. The number of likely N-dealkylation sites (tertiary alicyclic amines) is 1. The number of piperidine rings is 1. The smallest absolute Gasteiger partial charge is 0.265 e. The molecule has 0 spiro atoms. The van der Waals surface area contributed by atoms with Crippen LogP contribution in [0.5, 0.6) is 0 Å². The molecule has 29 heavy (non-hydrogen) atoms. The number of nitrogens with one attached hydrogen (secondary N) is 1. The fourth-order valence-electron chi connectivity index (χ4n) is 3.51. The van der Waals surface area contributed by atoms with Crippen molar-refractivity contribution >= 4 is 28.8 Å². The molecule has 2 aromatic carbocycles. The summed E-state index contributed by atoms with van der Waals surface area (Å²) in [7, 11) is 0. The number of carbonyl (C=O) groups excluding carboxylic acids is 2. The average Bonchev–Trinajstić information content (AvgIpc) is 3.29. The minimum absolute atomic E-state index is 0.0653. The fourth-order valence-corrected chi connectivity index (χ4v) is 4.10. The Hall–Kier alpha value is -3.06. The lowest BCUT2D eigenvalue weighted by molar-refractivity contribution is -0.121. The minimum Gasteiger partial charge on any atom is -0.337 e. The second kappa shape index (κ2) is 8.53. The van der Waals surface area contributed by atoms with E-state index in [0.717, 1.165) is 24.0 Å². The highest BCUT2D eigenvalue weighted by molar-refractivity contribution is 7.11. The van der Waals surface area contributed by atoms with E-state index >= 15 is 0 Å². The molecule has 1 saturated heterocycles. The molecule has 2 amide bonds. The van der Waals surface area contributed by atoms with Crippen LogP contribution in [0.25, 0.3) is 11.1 Å². The van der Waals surface area contributed by atoms with E-state index in [1.807, 2.05) is 18.2 Å². The van der Waals surface area contributed by atoms with Gasteiger partial charge in [-0.15, -0.1) is 11.3 Å². The minimum atomic E-state index is -0.283. The first-order valence-corrected chi connectivity index (χ1v) is 10.3. The molecule has 1 N–H and O–H groups in total. The molecule has 4 rings (SSSR count). The van der Waals surface area contributed by atoms with Gasteiger partial charge in [0, 0.05) is 18.8 Å². The molecule has 5 nitrogen and oxygen atoms in total. The Labute approximate surface area is 172 Å². The number of hydrogen-bond donors (Lipinski definition) is 1. The Morgan fingerprint density at radius 3 is 2.69 bits per heavy atom. The molecule has 7 heteroatoms. The van der Waals surface area contributed by atoms with Crippen molar-refractivity contribution in [1.82, 2.24) is 9.88 Å². The number of anilines is 1. The highest BCUT2D eigenvalue weighted by atomic mass is 32.1. The van der Waals surface area contributed by atoms with Gasteiger partial charge in [-0.05, 0) is 48.2 Å². The van der Waals surface area contributed by atoms with Gasteiger partial charge < -0.3 is 10.2 Å². The molecule has 0 bridgehead atoms. The van der Waals surface area contributed by atoms with Crippen molar-refractivity contribution in [3.05, 3.63) is 70.9 Å². The van der Waals surface area contributed by atoms with Crippen molar-refractivity contribution in [2.45, 2.75) is 12.8 Å². The Bertz CT molecular complexity index is 1010. The van der Waals surface area contributed by atoms with Gasteiger partial charge in [0.05, 0.1) is 17.6 Å². The van der Waals surface area contributed by atoms with Crippen molar-refractivity contribution in [2.24, 2.45) is 5.92 Å². The van der Waals surface area contributed by atoms with E-state index in [0.29, 0.717) is 23.7 Å². The summed E-state index contributed by atoms with van der Waals surface area (Å²) < 4.78 is 13.4. The van der Waals surface area contributed by atoms with Gasteiger partial charge in [0.2, 0.25) is 5.91 Å². The van der Waals surface area contributed by atoms with Crippen molar-refractivity contribution in [3.8, 4) is 11.1 Å². The van der Waals surface area contributed by atoms with E-state index < -0.39 is 0 Å². The summed E-state index contributed by atoms with van der Waals surface area (Å²) in [5, 5.41) is 2.94. The third-order valence-electron chi connectivity index (χ3n) is 5.03. The van der Waals surface area contributed by atoms with Gasteiger partial charge in [0.15, 0.2) is 0 Å². The lowest BCUT2D eigenvalue weighted by atomic mass is 9.96. The van der Waals surface area contributed by atoms with Crippen LogP contribution < -0.4 is 5.32 Å². The number of halogens is 1. The molecule has 3 aromatic rings. The molecular formula is C22H20FN3O2S. The predicted molar refractivity (Wildman–Crippen MR) is 111 cm³/mol. The number of amides is 2. The third-order valence-corrected chi connectivity index (χ3v) is 5.79. The van der Waals surface area contributed by atoms with Gasteiger partial charge >= 0.3 is 0 Å². The zero-order valence-corrected chi connectivity index (χ0v) is 16.5. The molecule has 0 aliphatic carbocycles. The number of carbonyl (C=O) groups is 2. The van der Waals surface area contributed by atoms with Crippen LogP contribution in [-0.2, 0) is 4.79 Å². The highest BCUT2D eigenvalue weighted by Crippen LogP contribution is 2.24. The number of nitrogens with zero attached hydrogens (tertiary/aromatic N) is 2. The lowest BCUT2D eigenvalue weighted by Gasteiger charge is -2.31. The maximum Gasteiger partial charge on any atom is 0.265 e. The van der Waals surface area contributed by atoms with Gasteiger partial charge in [-0.3, -0.25) is 14.6 Å². The van der Waals surface area contributed by atoms with E-state index in [-0.39, 0.29) is 23.5 Å². The van der Waals surface area contributed by atoms with Gasteiger partial charge in [0.25, 0.3) is 5.91 Å². The summed E-state index contributed by atoms with van der Waals surface area (Å²) in [6.45, 7) is 1.06. The molecule has 1 fully saturated rings. The standard InChI is InChI=1S/C22H20FN3O2S/c23-18-5-1-3-16(11-18)15-6-8-19(9-7-15)25-21(27)17-4-2-10-26(13-17)22(28)20-12-24-14-29-20/h1,3,5-9,11-12,14,17H,2,4,10,13H2,(H,25,27)/t17-/m1/s1. The van der Waals surface area contributed by atoms with Gasteiger partial charge in [0.1, 0.15) is 10.7 Å². The van der Waals surface area contributed by atoms with Crippen molar-refractivity contribution < 1.29 is 14.0 Å². The quantitative estimate of drug-likeness (QED) is 0.693. The maximum atomic E-state index is 13.4. The fraction of sp³-hybridized carbons (Fsp3) is 0.227. The van der Waals surface area contributed by atoms with Crippen LogP contribution >= 0.6 is 11.3 Å². The Morgan fingerprint density at radius 1 is 1.14 bits per heavy atom. The first-order valence-electron chi connectivity index (χ1n) is 9.45. The van der Waals surface area contributed by atoms with Crippen molar-refractivity contribution in [2.75, 3.05) is 18.4 Å². The summed E-state index contributed by atoms with van der Waals surface area (Å²) in [4.78, 5) is 31.5. The van der Waals surface area contributed by atoms with Crippen LogP contribution in [0.4, 0.5) is 10.1 Å². The molecule has 1 atom stereocenters. The summed E-state index contributed by atoms with van der Waals surface area (Å²) in [5.74, 6) is -0.687. The Kier molecular flexibility index (Phi) is 5.67. The number of benzene rings is 2. The van der Waals surface area contributed by atoms with E-state index in [2.05, 4.69) is 10.3 Å². The molecule has 2 heterocycles. The molecule has 1 aliphatic rings. The van der Waals surface area contributed by atoms with Crippen LogP contribution in [0.3, 0.4) is 0 Å². The zero-order chi connectivity index (χ0) is 20.2. The predicted octanol–water partition coefficient (Wildman–Crippen LogP) is 4.44. The van der Waals surface area contributed by atoms with Crippen LogP contribution in [0, 0.1) is 11.7 Å². The SMILES string of the molecule is O=C(Nc1ccc(-c2cccc(F)c2)cc1)[C@@H]1CCCN(C(=O)c2cncs2)C1. The maximum absolute atomic E-state index is 13.4. The second-order valence-corrected chi connectivity index (χ2v) is 7.92. The number of rotatable bonds is 4. The number of thiazole rings is 1. The van der Waals surface area contributed by atoms with Crippen LogP contribution in [0.15, 0.2) is 60.2 Å². The first kappa shape index (κ1) is 19.3. The summed E-state index contributed by atoms with van der Waals surface area (Å²) in [6, 6.07) is 13.7. The lowest BCUT2D eigenvalue weighted by Crippen LogP contribution is -2.43. The van der Waals surface area contributed by atoms with E-state index in [9.17, 15) is 14.0 Å². The number of aromatic nitrogens is 1. The van der Waals surface area contributed by atoms with Gasteiger partial charge in [-0.1, -0.05) is 24.3 Å². The largest absolute Gasteiger partial charge is 0.337 e. The summed E-state index contributed by atoms with van der Waals surface area (Å²) in [6.07, 6.45) is 3.11. The van der Waals surface area contributed by atoms with E-state index in [1.165, 1.54) is 23.5 Å². The topological polar surface area (TPSA) is 62.3 Å². The highest BCUT2D eigenvalue weighted by Gasteiger charge is 2.29. The molecule has 148 valence electrons. The van der Waals surface area contributed by atoms with E-state index in [1.54, 1.807) is 34.8 Å². The first-order chi connectivity index (χ1) is 14.1. The van der Waals surface area contributed by atoms with E-state index in [4.69, 9.17) is 0 Å². The Morgan fingerprint density at radius 2 is 1.97 bits per heavy atom. The third kappa shape index (κ3) is 4.51. The Balaban J connectivity index is 1.39. The molecule has 0 radical (unpaired) electrons. The van der Waals surface area contributed by atoms with Crippen LogP contribution in [0.1, 0.15) is 22.5 Å². The molecule has 1 aromatic heterocycles. The van der Waals surface area contributed by atoms with Crippen LogP contribution in [0.2, 0.25) is 0 Å². The van der Waals surface area contributed by atoms with Gasteiger partial charge in [-0.2, -0.15) is 0 Å². The summed E-state index contributed by atoms with van der Waals surface area (Å²) >= 11 is 1.31. The average molecular weight is 409 g/mol. The monoisotopic (exact) mass is 409 g/mol. The molecule has 0 unspecified atom stereocenters. The van der Waals surface area contributed by atoms with Crippen molar-refractivity contribution in [3.63, 3.8) is 0 Å². The molecule has 1 aliphatic heterocycles. The normalized spacial score (nSPS) is 16.4. The second-order valence-electron chi connectivity index (χ2n) is 7.03. The summed E-state index contributed by atoms with van der Waals surface area (Å²) in [5.41, 5.74) is 3.98.